The summed E-state index contributed by atoms with van der Waals surface area (Å²) >= 11 is 1.59. The molecular formula is C55H89N3O12S. The fourth-order valence-corrected chi connectivity index (χ4v) is 12.9. The Hall–Kier alpha value is -3.12. The van der Waals surface area contributed by atoms with Crippen LogP contribution in [0.4, 0.5) is 4.79 Å². The van der Waals surface area contributed by atoms with E-state index in [1.807, 2.05) is 51.2 Å². The lowest BCUT2D eigenvalue weighted by atomic mass is 9.78. The highest BCUT2D eigenvalue weighted by molar-refractivity contribution is 8.00. The van der Waals surface area contributed by atoms with Crippen molar-refractivity contribution in [1.82, 2.24) is 14.7 Å². The van der Waals surface area contributed by atoms with Gasteiger partial charge in [-0.2, -0.15) is 0 Å². The van der Waals surface area contributed by atoms with Crippen LogP contribution < -0.4 is 0 Å². The lowest BCUT2D eigenvalue weighted by molar-refractivity contribution is -0.263. The molecule has 16 heteroatoms. The molecule has 4 fully saturated rings. The van der Waals surface area contributed by atoms with Crippen LogP contribution in [0.1, 0.15) is 138 Å². The number of allylic oxidation sites excluding steroid dienone is 5. The Morgan fingerprint density at radius 3 is 2.28 bits per heavy atom. The molecule has 0 aromatic heterocycles. The zero-order chi connectivity index (χ0) is 52.2. The fraction of sp³-hybridized carbons (Fsp3) is 0.800. The number of urea groups is 1. The maximum Gasteiger partial charge on any atom is 0.329 e. The Morgan fingerprint density at radius 2 is 1.59 bits per heavy atom. The zero-order valence-corrected chi connectivity index (χ0v) is 45.4. The van der Waals surface area contributed by atoms with E-state index in [4.69, 9.17) is 18.9 Å². The number of carbonyl (C=O) groups is 5. The van der Waals surface area contributed by atoms with Crippen LogP contribution in [0, 0.1) is 41.4 Å². The zero-order valence-electron chi connectivity index (χ0n) is 44.5. The van der Waals surface area contributed by atoms with Crippen LogP contribution in [0.25, 0.3) is 0 Å². The molecule has 2 bridgehead atoms. The lowest BCUT2D eigenvalue weighted by Gasteiger charge is -2.43. The molecule has 71 heavy (non-hydrogen) atoms. The topological polar surface area (TPSA) is 193 Å². The number of methoxy groups -OCH3 is 2. The van der Waals surface area contributed by atoms with Crippen LogP contribution in [0.3, 0.4) is 0 Å². The fourth-order valence-electron chi connectivity index (χ4n) is 11.6. The maximum absolute atomic E-state index is 14.5. The van der Waals surface area contributed by atoms with Gasteiger partial charge in [0.25, 0.3) is 11.7 Å². The number of Topliss-reactive ketones (excluding diaryl/α,β-unsaturated/α-hetero) is 2. The van der Waals surface area contributed by atoms with Crippen molar-refractivity contribution in [2.45, 2.75) is 192 Å². The monoisotopic (exact) mass is 1020 g/mol. The summed E-state index contributed by atoms with van der Waals surface area (Å²) in [7, 11) is 4.86. The van der Waals surface area contributed by atoms with Crippen molar-refractivity contribution in [3.05, 3.63) is 36.0 Å². The average Bonchev–Trinajstić information content (AvgIpc) is 3.67. The smallest absolute Gasteiger partial charge is 0.329 e. The summed E-state index contributed by atoms with van der Waals surface area (Å²) < 4.78 is 24.2. The number of ether oxygens (including phenoxy) is 4. The van der Waals surface area contributed by atoms with E-state index >= 15 is 0 Å². The van der Waals surface area contributed by atoms with Gasteiger partial charge in [-0.15, -0.1) is 11.8 Å². The number of carbonyl (C=O) groups excluding carboxylic acids is 5. The van der Waals surface area contributed by atoms with Gasteiger partial charge in [0, 0.05) is 58.0 Å². The molecule has 3 saturated heterocycles. The summed E-state index contributed by atoms with van der Waals surface area (Å²) in [4.78, 5) is 74.9. The van der Waals surface area contributed by atoms with Crippen molar-refractivity contribution < 1.29 is 58.2 Å². The Labute approximate surface area is 428 Å². The molecule has 2 unspecified atom stereocenters. The Bertz CT molecular complexity index is 1880. The summed E-state index contributed by atoms with van der Waals surface area (Å²) in [6.45, 7) is 15.2. The lowest BCUT2D eigenvalue weighted by Crippen LogP contribution is -2.60. The van der Waals surface area contributed by atoms with E-state index in [1.54, 1.807) is 42.6 Å². The second kappa shape index (κ2) is 27.4. The van der Waals surface area contributed by atoms with Crippen LogP contribution in [-0.4, -0.2) is 160 Å². The van der Waals surface area contributed by atoms with Crippen molar-refractivity contribution in [2.75, 3.05) is 46.8 Å². The number of hydrogen-bond acceptors (Lipinski definition) is 13. The number of thioether (sulfide) groups is 1. The number of likely N-dealkylation sites (N-methyl/N-ethyl adjacent to an activating group) is 1. The summed E-state index contributed by atoms with van der Waals surface area (Å²) in [6.07, 6.45) is 14.0. The first-order chi connectivity index (χ1) is 33.7. The number of piperidine rings is 1. The summed E-state index contributed by atoms with van der Waals surface area (Å²) in [5.74, 6) is -5.80. The number of esters is 1. The van der Waals surface area contributed by atoms with Crippen LogP contribution in [0.5, 0.6) is 0 Å². The number of ketones is 2. The van der Waals surface area contributed by atoms with Crippen LogP contribution >= 0.6 is 11.8 Å². The quantitative estimate of drug-likeness (QED) is 0.160. The van der Waals surface area contributed by atoms with Gasteiger partial charge in [-0.1, -0.05) is 77.5 Å². The molecule has 402 valence electrons. The molecule has 5 aliphatic rings. The SMILES string of the molecule is CO[C@@H]1C[C@H](C[C@@H](C)[C@@H]2CC[C@H](C)CC(C)[C@@H](O)[C@@H](OC)C(=O)[C@H](C)C[C@H](C)/C=C/C=CC=C(C)C(SCN3CCN(C)C3=O)C[C@@H]3CC[C@@H](C)[C@@](O)(O3)C(=O)C(=O)N3CCCC[C@H]3C(=O)O2)CC[C@H]1O. The van der Waals surface area contributed by atoms with Crippen LogP contribution in [-0.2, 0) is 38.1 Å². The molecule has 4 heterocycles. The van der Waals surface area contributed by atoms with Gasteiger partial charge < -0.3 is 49.0 Å². The van der Waals surface area contributed by atoms with E-state index in [0.717, 1.165) is 18.4 Å². The highest BCUT2D eigenvalue weighted by Crippen LogP contribution is 2.39. The van der Waals surface area contributed by atoms with Gasteiger partial charge >= 0.3 is 12.0 Å². The molecular weight excluding hydrogens is 927 g/mol. The van der Waals surface area contributed by atoms with Gasteiger partial charge in [0.05, 0.1) is 30.3 Å². The third-order valence-electron chi connectivity index (χ3n) is 16.4. The van der Waals surface area contributed by atoms with Gasteiger partial charge in [0.15, 0.2) is 5.78 Å². The van der Waals surface area contributed by atoms with Crippen molar-refractivity contribution >= 4 is 41.2 Å². The predicted octanol–water partition coefficient (Wildman–Crippen LogP) is 7.49. The van der Waals surface area contributed by atoms with Gasteiger partial charge in [0.1, 0.15) is 18.2 Å². The molecule has 16 atom stereocenters. The molecule has 1 aliphatic carbocycles. The van der Waals surface area contributed by atoms with Gasteiger partial charge in [-0.25, -0.2) is 9.59 Å². The molecule has 0 aromatic carbocycles. The van der Waals surface area contributed by atoms with Crippen molar-refractivity contribution in [1.29, 1.82) is 0 Å². The number of hydrogen-bond donors (Lipinski definition) is 3. The molecule has 5 rings (SSSR count). The van der Waals surface area contributed by atoms with E-state index in [2.05, 4.69) is 20.8 Å². The third kappa shape index (κ3) is 15.7. The van der Waals surface area contributed by atoms with Crippen LogP contribution in [0.15, 0.2) is 36.0 Å². The first-order valence-electron chi connectivity index (χ1n) is 26.7. The molecule has 3 N–H and O–H groups in total. The number of aliphatic hydroxyl groups excluding tert-OH is 2. The first kappa shape index (κ1) is 58.8. The van der Waals surface area contributed by atoms with Gasteiger partial charge in [0.2, 0.25) is 5.79 Å². The predicted molar refractivity (Wildman–Crippen MR) is 275 cm³/mol. The van der Waals surface area contributed by atoms with E-state index in [0.29, 0.717) is 96.0 Å². The van der Waals surface area contributed by atoms with Crippen molar-refractivity contribution in [2.24, 2.45) is 41.4 Å². The standard InChI is InChI=1S/C55H89N3O12S/c1-34-16-12-11-13-17-36(3)47(71-33-57-27-26-56(8)54(57)65)32-42-22-20-40(7)55(66,70-42)51(62)52(63)58-25-15-14-18-43(58)53(64)69-45(37(4)30-41-21-23-44(59)46(31-41)67-9)24-19-35(2)29-39(6)49(61)50(68-10)48(60)38(5)28-34/h11-13,16-17,34-35,37-47,49-50,59,61,66H,14-15,18-33H2,1-10H3/b13-11?,16-12+,36-17?/t34-,35+,37-,38-,39?,40-,41+,42+,43+,44-,45+,46-,47?,49-,50+,55-/m1/s1. The normalized spacial score (nSPS) is 38.4. The second-order valence-electron chi connectivity index (χ2n) is 22.2. The third-order valence-corrected chi connectivity index (χ3v) is 17.8. The molecule has 0 radical (unpaired) electrons. The van der Waals surface area contributed by atoms with E-state index in [1.165, 1.54) is 12.0 Å². The van der Waals surface area contributed by atoms with Gasteiger partial charge in [-0.3, -0.25) is 14.4 Å². The van der Waals surface area contributed by atoms with E-state index in [-0.39, 0.29) is 65.2 Å². The minimum Gasteiger partial charge on any atom is -0.461 e. The van der Waals surface area contributed by atoms with E-state index in [9.17, 15) is 39.3 Å². The number of cyclic esters (lactones) is 1. The number of nitrogens with zero attached hydrogens (tertiary/aromatic N) is 3. The average molecular weight is 1020 g/mol. The minimum atomic E-state index is -2.41. The van der Waals surface area contributed by atoms with Crippen molar-refractivity contribution in [3.8, 4) is 0 Å². The first-order valence-corrected chi connectivity index (χ1v) is 27.8. The summed E-state index contributed by atoms with van der Waals surface area (Å²) in [5, 5.41) is 34.2. The largest absolute Gasteiger partial charge is 0.461 e. The highest BCUT2D eigenvalue weighted by atomic mass is 32.2. The molecule has 4 aliphatic heterocycles. The number of rotatable bonds is 8. The van der Waals surface area contributed by atoms with Crippen molar-refractivity contribution in [3.63, 3.8) is 0 Å². The molecule has 0 spiro atoms. The Kier molecular flexibility index (Phi) is 22.7. The Morgan fingerprint density at radius 1 is 0.845 bits per heavy atom. The van der Waals surface area contributed by atoms with Crippen LogP contribution in [0.2, 0.25) is 0 Å². The molecule has 15 nitrogen and oxygen atoms in total. The summed E-state index contributed by atoms with van der Waals surface area (Å²) in [6, 6.07) is -1.07. The van der Waals surface area contributed by atoms with Gasteiger partial charge in [-0.05, 0) is 126 Å². The number of fused-ring (bicyclic) bond motifs is 3. The highest BCUT2D eigenvalue weighted by Gasteiger charge is 2.53. The Balaban J connectivity index is 1.45. The second-order valence-corrected chi connectivity index (χ2v) is 23.4. The maximum atomic E-state index is 14.5. The molecule has 1 saturated carbocycles. The number of amides is 3. The van der Waals surface area contributed by atoms with E-state index < -0.39 is 65.9 Å². The summed E-state index contributed by atoms with van der Waals surface area (Å²) in [5.41, 5.74) is 0.996. The minimum absolute atomic E-state index is 0.0439. The molecule has 0 aromatic rings. The molecule has 3 amide bonds. The number of aliphatic hydroxyl groups is 3.